The predicted octanol–water partition coefficient (Wildman–Crippen LogP) is 2.11. The molecule has 14 heavy (non-hydrogen) atoms. The Labute approximate surface area is 84.1 Å². The van der Waals surface area contributed by atoms with Crippen molar-refractivity contribution in [2.75, 3.05) is 13.7 Å². The van der Waals surface area contributed by atoms with E-state index in [9.17, 15) is 5.26 Å². The molecule has 0 heterocycles. The summed E-state index contributed by atoms with van der Waals surface area (Å²) in [5.74, 6) is 0.375. The van der Waals surface area contributed by atoms with E-state index in [1.165, 1.54) is 0 Å². The zero-order valence-electron chi connectivity index (χ0n) is 8.23. The summed E-state index contributed by atoms with van der Waals surface area (Å²) in [5.41, 5.74) is 0.863. The van der Waals surface area contributed by atoms with Gasteiger partial charge in [0.05, 0.1) is 18.1 Å². The maximum absolute atomic E-state index is 9.20. The third kappa shape index (κ3) is 1.30. The molecule has 72 valence electrons. The van der Waals surface area contributed by atoms with Gasteiger partial charge in [-0.05, 0) is 12.0 Å². The molecule has 0 N–H and O–H groups in total. The van der Waals surface area contributed by atoms with Crippen LogP contribution in [0.3, 0.4) is 0 Å². The first-order valence-corrected chi connectivity index (χ1v) is 4.79. The zero-order valence-corrected chi connectivity index (χ0v) is 8.23. The summed E-state index contributed by atoms with van der Waals surface area (Å²) in [6.07, 6.45) is 0.932. The topological polar surface area (TPSA) is 33.0 Å². The molecule has 0 aliphatic heterocycles. The zero-order chi connectivity index (χ0) is 10.0. The maximum atomic E-state index is 9.20. The van der Waals surface area contributed by atoms with Gasteiger partial charge >= 0.3 is 0 Å². The molecule has 1 aromatic rings. The number of benzene rings is 1. The van der Waals surface area contributed by atoms with Gasteiger partial charge in [0.25, 0.3) is 0 Å². The van der Waals surface area contributed by atoms with E-state index in [1.54, 1.807) is 7.11 Å². The first kappa shape index (κ1) is 9.23. The lowest BCUT2D eigenvalue weighted by Crippen LogP contribution is -2.09. The van der Waals surface area contributed by atoms with E-state index in [4.69, 9.17) is 4.74 Å². The molecule has 1 aliphatic carbocycles. The number of ether oxygens (including phenoxy) is 1. The predicted molar refractivity (Wildman–Crippen MR) is 53.7 cm³/mol. The molecule has 2 nitrogen and oxygen atoms in total. The van der Waals surface area contributed by atoms with Gasteiger partial charge in [0.1, 0.15) is 0 Å². The molecule has 0 aromatic heterocycles. The summed E-state index contributed by atoms with van der Waals surface area (Å²) >= 11 is 0. The summed E-state index contributed by atoms with van der Waals surface area (Å²) in [6.45, 7) is 0.683. The van der Waals surface area contributed by atoms with E-state index in [0.717, 1.165) is 12.0 Å². The molecular formula is C12H13NO. The highest BCUT2D eigenvalue weighted by atomic mass is 16.5. The molecule has 2 rings (SSSR count). The minimum absolute atomic E-state index is 0.267. The largest absolute Gasteiger partial charge is 0.384 e. The van der Waals surface area contributed by atoms with Crippen LogP contribution in [0.4, 0.5) is 0 Å². The second-order valence-corrected chi connectivity index (χ2v) is 3.81. The highest BCUT2D eigenvalue weighted by molar-refractivity contribution is 5.41. The Morgan fingerprint density at radius 1 is 1.50 bits per heavy atom. The Hall–Kier alpha value is -1.33. The summed E-state index contributed by atoms with van der Waals surface area (Å²) < 4.78 is 5.09. The lowest BCUT2D eigenvalue weighted by Gasteiger charge is -2.07. The molecule has 2 unspecified atom stereocenters. The smallest absolute Gasteiger partial charge is 0.0877 e. The molecular weight excluding hydrogens is 174 g/mol. The van der Waals surface area contributed by atoms with Gasteiger partial charge in [0.2, 0.25) is 0 Å². The van der Waals surface area contributed by atoms with Crippen LogP contribution in [0.1, 0.15) is 12.0 Å². The first-order valence-electron chi connectivity index (χ1n) is 4.79. The van der Waals surface area contributed by atoms with Gasteiger partial charge in [0.15, 0.2) is 0 Å². The molecule has 2 heteroatoms. The van der Waals surface area contributed by atoms with Crippen molar-refractivity contribution in [2.45, 2.75) is 11.8 Å². The van der Waals surface area contributed by atoms with Crippen LogP contribution in [0.5, 0.6) is 0 Å². The van der Waals surface area contributed by atoms with Crippen molar-refractivity contribution >= 4 is 0 Å². The normalized spacial score (nSPS) is 29.6. The Morgan fingerprint density at radius 2 is 2.21 bits per heavy atom. The number of hydrogen-bond donors (Lipinski definition) is 0. The van der Waals surface area contributed by atoms with E-state index >= 15 is 0 Å². The van der Waals surface area contributed by atoms with Crippen molar-refractivity contribution in [1.82, 2.24) is 0 Å². The van der Waals surface area contributed by atoms with Gasteiger partial charge < -0.3 is 4.74 Å². The molecule has 1 saturated carbocycles. The fourth-order valence-corrected chi connectivity index (χ4v) is 2.02. The van der Waals surface area contributed by atoms with E-state index in [2.05, 4.69) is 6.07 Å². The standard InChI is InChI=1S/C12H13NO/c1-14-8-11-7-12(11,9-13)10-5-3-2-4-6-10/h2-6,11H,7-8H2,1H3. The van der Waals surface area contributed by atoms with Crippen LogP contribution < -0.4 is 0 Å². The van der Waals surface area contributed by atoms with Gasteiger partial charge in [-0.3, -0.25) is 0 Å². The number of hydrogen-bond acceptors (Lipinski definition) is 2. The van der Waals surface area contributed by atoms with E-state index in [1.807, 2.05) is 30.3 Å². The summed E-state index contributed by atoms with van der Waals surface area (Å²) in [6, 6.07) is 12.4. The SMILES string of the molecule is COCC1CC1(C#N)c1ccccc1. The third-order valence-electron chi connectivity index (χ3n) is 2.96. The Morgan fingerprint density at radius 3 is 2.79 bits per heavy atom. The number of nitriles is 1. The Kier molecular flexibility index (Phi) is 2.26. The van der Waals surface area contributed by atoms with Crippen LogP contribution in [0.2, 0.25) is 0 Å². The molecule has 1 fully saturated rings. The second kappa shape index (κ2) is 3.43. The molecule has 0 radical (unpaired) electrons. The average Bonchev–Trinajstić information content (AvgIpc) is 2.95. The minimum atomic E-state index is -0.267. The molecule has 2 atom stereocenters. The lowest BCUT2D eigenvalue weighted by molar-refractivity contribution is 0.181. The van der Waals surface area contributed by atoms with E-state index < -0.39 is 0 Å². The third-order valence-corrected chi connectivity index (χ3v) is 2.96. The van der Waals surface area contributed by atoms with E-state index in [0.29, 0.717) is 12.5 Å². The van der Waals surface area contributed by atoms with Gasteiger partial charge in [-0.25, -0.2) is 0 Å². The van der Waals surface area contributed by atoms with Crippen LogP contribution in [-0.4, -0.2) is 13.7 Å². The van der Waals surface area contributed by atoms with Crippen molar-refractivity contribution < 1.29 is 4.74 Å². The van der Waals surface area contributed by atoms with Crippen molar-refractivity contribution in [2.24, 2.45) is 5.92 Å². The highest BCUT2D eigenvalue weighted by Crippen LogP contribution is 2.53. The monoisotopic (exact) mass is 187 g/mol. The molecule has 0 spiro atoms. The van der Waals surface area contributed by atoms with Crippen LogP contribution in [0, 0.1) is 17.2 Å². The maximum Gasteiger partial charge on any atom is 0.0877 e. The summed E-state index contributed by atoms with van der Waals surface area (Å²) in [5, 5.41) is 9.20. The van der Waals surface area contributed by atoms with Crippen LogP contribution in [0.25, 0.3) is 0 Å². The van der Waals surface area contributed by atoms with Crippen LogP contribution >= 0.6 is 0 Å². The molecule has 1 aliphatic rings. The average molecular weight is 187 g/mol. The number of nitrogens with zero attached hydrogens (tertiary/aromatic N) is 1. The molecule has 1 aromatic carbocycles. The van der Waals surface area contributed by atoms with Crippen molar-refractivity contribution in [3.8, 4) is 6.07 Å². The van der Waals surface area contributed by atoms with Crippen LogP contribution in [-0.2, 0) is 10.2 Å². The van der Waals surface area contributed by atoms with Gasteiger partial charge in [-0.2, -0.15) is 5.26 Å². The highest BCUT2D eigenvalue weighted by Gasteiger charge is 2.55. The molecule has 0 saturated heterocycles. The first-order chi connectivity index (χ1) is 6.83. The van der Waals surface area contributed by atoms with Gasteiger partial charge in [-0.15, -0.1) is 0 Å². The quantitative estimate of drug-likeness (QED) is 0.726. The molecule has 0 amide bonds. The summed E-state index contributed by atoms with van der Waals surface area (Å²) in [4.78, 5) is 0. The molecule has 0 bridgehead atoms. The van der Waals surface area contributed by atoms with Crippen molar-refractivity contribution in [1.29, 1.82) is 5.26 Å². The number of rotatable bonds is 3. The van der Waals surface area contributed by atoms with Gasteiger partial charge in [-0.1, -0.05) is 30.3 Å². The fraction of sp³-hybridized carbons (Fsp3) is 0.417. The minimum Gasteiger partial charge on any atom is -0.384 e. The lowest BCUT2D eigenvalue weighted by atomic mass is 9.95. The van der Waals surface area contributed by atoms with Crippen molar-refractivity contribution in [3.63, 3.8) is 0 Å². The van der Waals surface area contributed by atoms with E-state index in [-0.39, 0.29) is 5.41 Å². The summed E-state index contributed by atoms with van der Waals surface area (Å²) in [7, 11) is 1.69. The Bertz CT molecular complexity index is 354. The fourth-order valence-electron chi connectivity index (χ4n) is 2.02. The second-order valence-electron chi connectivity index (χ2n) is 3.81. The Balaban J connectivity index is 2.22. The van der Waals surface area contributed by atoms with Crippen molar-refractivity contribution in [3.05, 3.63) is 35.9 Å². The number of methoxy groups -OCH3 is 1. The van der Waals surface area contributed by atoms with Gasteiger partial charge in [0, 0.05) is 13.0 Å². The van der Waals surface area contributed by atoms with Crippen LogP contribution in [0.15, 0.2) is 30.3 Å².